The maximum Gasteiger partial charge on any atom is 0.128 e. The Hall–Kier alpha value is -2.03. The lowest BCUT2D eigenvalue weighted by Gasteiger charge is -2.11. The summed E-state index contributed by atoms with van der Waals surface area (Å²) in [7, 11) is 0. The van der Waals surface area contributed by atoms with E-state index in [0.29, 0.717) is 6.61 Å². The van der Waals surface area contributed by atoms with Crippen molar-refractivity contribution in [1.29, 1.82) is 0 Å². The van der Waals surface area contributed by atoms with Crippen LogP contribution >= 0.6 is 0 Å². The maximum atomic E-state index is 8.86. The molecule has 0 unspecified atom stereocenters. The first-order valence-electron chi connectivity index (χ1n) is 7.18. The molecule has 0 saturated carbocycles. The van der Waals surface area contributed by atoms with Gasteiger partial charge in [0.1, 0.15) is 5.75 Å². The highest BCUT2D eigenvalue weighted by Crippen LogP contribution is 2.26. The minimum atomic E-state index is 0.699. The molecular formula is C17H21NO2. The molecule has 0 fully saturated rings. The number of oxime groups is 1. The monoisotopic (exact) mass is 271 g/mol. The predicted molar refractivity (Wildman–Crippen MR) is 83.0 cm³/mol. The Bertz CT molecular complexity index is 578. The Balaban J connectivity index is 2.17. The molecule has 20 heavy (non-hydrogen) atoms. The van der Waals surface area contributed by atoms with Gasteiger partial charge in [-0.2, -0.15) is 0 Å². The average Bonchev–Trinajstić information content (AvgIpc) is 2.49. The van der Waals surface area contributed by atoms with E-state index in [1.165, 1.54) is 25.5 Å². The van der Waals surface area contributed by atoms with Gasteiger partial charge in [0, 0.05) is 5.56 Å². The fraction of sp³-hybridized carbons (Fsp3) is 0.353. The Morgan fingerprint density at radius 3 is 2.75 bits per heavy atom. The molecule has 0 radical (unpaired) electrons. The first-order chi connectivity index (χ1) is 9.86. The molecule has 3 heteroatoms. The van der Waals surface area contributed by atoms with Crippen molar-refractivity contribution in [3.05, 3.63) is 42.0 Å². The Kier molecular flexibility index (Phi) is 5.42. The second-order valence-electron chi connectivity index (χ2n) is 4.85. The van der Waals surface area contributed by atoms with E-state index in [4.69, 9.17) is 9.94 Å². The molecule has 0 bridgehead atoms. The molecule has 0 spiro atoms. The van der Waals surface area contributed by atoms with Crippen LogP contribution in [0.2, 0.25) is 0 Å². The third-order valence-electron chi connectivity index (χ3n) is 3.37. The van der Waals surface area contributed by atoms with Crippen molar-refractivity contribution < 1.29 is 9.94 Å². The maximum absolute atomic E-state index is 8.86. The first kappa shape index (κ1) is 14.4. The molecule has 0 heterocycles. The molecule has 106 valence electrons. The molecule has 3 nitrogen and oxygen atoms in total. The summed E-state index contributed by atoms with van der Waals surface area (Å²) in [6, 6.07) is 12.0. The molecule has 0 aromatic heterocycles. The number of hydrogen-bond acceptors (Lipinski definition) is 3. The fourth-order valence-electron chi connectivity index (χ4n) is 2.30. The smallest absolute Gasteiger partial charge is 0.128 e. The van der Waals surface area contributed by atoms with Gasteiger partial charge in [-0.05, 0) is 23.3 Å². The highest BCUT2D eigenvalue weighted by molar-refractivity contribution is 6.02. The highest BCUT2D eigenvalue weighted by Gasteiger charge is 2.07. The second kappa shape index (κ2) is 7.53. The van der Waals surface area contributed by atoms with Crippen LogP contribution in [0.4, 0.5) is 0 Å². The normalized spacial score (nSPS) is 11.2. The van der Waals surface area contributed by atoms with Gasteiger partial charge in [0.2, 0.25) is 0 Å². The van der Waals surface area contributed by atoms with Gasteiger partial charge in [0.05, 0.1) is 12.8 Å². The van der Waals surface area contributed by atoms with Crippen molar-refractivity contribution in [2.75, 3.05) is 6.61 Å². The molecule has 2 aromatic carbocycles. The van der Waals surface area contributed by atoms with Gasteiger partial charge < -0.3 is 9.94 Å². The Labute approximate surface area is 119 Å². The summed E-state index contributed by atoms with van der Waals surface area (Å²) in [5.41, 5.74) is 0.834. The van der Waals surface area contributed by atoms with Crippen LogP contribution in [0.1, 0.15) is 38.2 Å². The summed E-state index contributed by atoms with van der Waals surface area (Å²) in [4.78, 5) is 0. The number of benzene rings is 2. The van der Waals surface area contributed by atoms with E-state index in [1.54, 1.807) is 0 Å². The highest BCUT2D eigenvalue weighted by atomic mass is 16.5. The molecular weight excluding hydrogens is 250 g/mol. The topological polar surface area (TPSA) is 41.8 Å². The number of fused-ring (bicyclic) bond motifs is 1. The van der Waals surface area contributed by atoms with Crippen molar-refractivity contribution in [2.24, 2.45) is 5.16 Å². The number of rotatable bonds is 7. The standard InChI is InChI=1S/C17H21NO2/c1-2-3-4-7-12-20-17-11-10-14-8-5-6-9-15(14)16(17)13-18-19/h5-6,8-11,13,19H,2-4,7,12H2,1H3/b18-13+. The quantitative estimate of drug-likeness (QED) is 0.346. The van der Waals surface area contributed by atoms with Crippen LogP contribution in [0.25, 0.3) is 10.8 Å². The molecule has 0 aliphatic heterocycles. The predicted octanol–water partition coefficient (Wildman–Crippen LogP) is 4.61. The third-order valence-corrected chi connectivity index (χ3v) is 3.37. The van der Waals surface area contributed by atoms with Crippen LogP contribution in [-0.2, 0) is 0 Å². The zero-order valence-corrected chi connectivity index (χ0v) is 11.9. The van der Waals surface area contributed by atoms with Gasteiger partial charge in [-0.25, -0.2) is 0 Å². The van der Waals surface area contributed by atoms with Crippen LogP contribution in [-0.4, -0.2) is 18.0 Å². The van der Waals surface area contributed by atoms with Crippen LogP contribution in [0.5, 0.6) is 5.75 Å². The molecule has 2 rings (SSSR count). The molecule has 0 aliphatic carbocycles. The number of hydrogen-bond donors (Lipinski definition) is 1. The molecule has 0 aliphatic rings. The van der Waals surface area contributed by atoms with E-state index in [2.05, 4.69) is 12.1 Å². The van der Waals surface area contributed by atoms with E-state index < -0.39 is 0 Å². The lowest BCUT2D eigenvalue weighted by atomic mass is 10.0. The summed E-state index contributed by atoms with van der Waals surface area (Å²) >= 11 is 0. The summed E-state index contributed by atoms with van der Waals surface area (Å²) in [5, 5.41) is 14.2. The minimum Gasteiger partial charge on any atom is -0.493 e. The Morgan fingerprint density at radius 1 is 1.10 bits per heavy atom. The molecule has 0 amide bonds. The van der Waals surface area contributed by atoms with Crippen molar-refractivity contribution in [2.45, 2.75) is 32.6 Å². The number of nitrogens with zero attached hydrogens (tertiary/aromatic N) is 1. The van der Waals surface area contributed by atoms with Crippen molar-refractivity contribution >= 4 is 17.0 Å². The van der Waals surface area contributed by atoms with Gasteiger partial charge in [-0.3, -0.25) is 0 Å². The zero-order chi connectivity index (χ0) is 14.2. The average molecular weight is 271 g/mol. The van der Waals surface area contributed by atoms with Crippen molar-refractivity contribution in [3.63, 3.8) is 0 Å². The van der Waals surface area contributed by atoms with Crippen LogP contribution in [0.15, 0.2) is 41.6 Å². The van der Waals surface area contributed by atoms with Gasteiger partial charge >= 0.3 is 0 Å². The van der Waals surface area contributed by atoms with E-state index in [0.717, 1.165) is 28.5 Å². The van der Waals surface area contributed by atoms with Crippen LogP contribution < -0.4 is 4.74 Å². The summed E-state index contributed by atoms with van der Waals surface area (Å²) in [6.07, 6.45) is 6.15. The lowest BCUT2D eigenvalue weighted by molar-refractivity contribution is 0.303. The summed E-state index contributed by atoms with van der Waals surface area (Å²) in [5.74, 6) is 0.776. The SMILES string of the molecule is CCCCCCOc1ccc2ccccc2c1/C=N/O. The second-order valence-corrected chi connectivity index (χ2v) is 4.85. The molecule has 0 atom stereocenters. The fourth-order valence-corrected chi connectivity index (χ4v) is 2.30. The minimum absolute atomic E-state index is 0.699. The first-order valence-corrected chi connectivity index (χ1v) is 7.18. The van der Waals surface area contributed by atoms with Gasteiger partial charge in [-0.15, -0.1) is 0 Å². The van der Waals surface area contributed by atoms with Gasteiger partial charge in [0.25, 0.3) is 0 Å². The largest absolute Gasteiger partial charge is 0.493 e. The Morgan fingerprint density at radius 2 is 1.95 bits per heavy atom. The summed E-state index contributed by atoms with van der Waals surface area (Å²) < 4.78 is 5.84. The number of ether oxygens (including phenoxy) is 1. The van der Waals surface area contributed by atoms with E-state index in [-0.39, 0.29) is 0 Å². The summed E-state index contributed by atoms with van der Waals surface area (Å²) in [6.45, 7) is 2.89. The van der Waals surface area contributed by atoms with Crippen LogP contribution in [0.3, 0.4) is 0 Å². The molecule has 2 aromatic rings. The number of unbranched alkanes of at least 4 members (excludes halogenated alkanes) is 3. The zero-order valence-electron chi connectivity index (χ0n) is 11.9. The van der Waals surface area contributed by atoms with E-state index >= 15 is 0 Å². The third kappa shape index (κ3) is 3.50. The van der Waals surface area contributed by atoms with E-state index in [1.807, 2.05) is 36.4 Å². The van der Waals surface area contributed by atoms with Gasteiger partial charge in [-0.1, -0.05) is 61.7 Å². The van der Waals surface area contributed by atoms with Crippen LogP contribution in [0, 0.1) is 0 Å². The molecule has 0 saturated heterocycles. The van der Waals surface area contributed by atoms with Gasteiger partial charge in [0.15, 0.2) is 0 Å². The molecule has 1 N–H and O–H groups in total. The lowest BCUT2D eigenvalue weighted by Crippen LogP contribution is -2.00. The van der Waals surface area contributed by atoms with Crippen molar-refractivity contribution in [3.8, 4) is 5.75 Å². The van der Waals surface area contributed by atoms with E-state index in [9.17, 15) is 0 Å². The van der Waals surface area contributed by atoms with Crippen molar-refractivity contribution in [1.82, 2.24) is 0 Å².